The zero-order chi connectivity index (χ0) is 27.4. The van der Waals surface area contributed by atoms with E-state index in [4.69, 9.17) is 0 Å². The Bertz CT molecular complexity index is 1620. The van der Waals surface area contributed by atoms with Gasteiger partial charge < -0.3 is 5.32 Å². The molecule has 8 heteroatoms. The third kappa shape index (κ3) is 5.67. The first-order valence-electron chi connectivity index (χ1n) is 12.4. The predicted octanol–water partition coefficient (Wildman–Crippen LogP) is 4.95. The average Bonchev–Trinajstić information content (AvgIpc) is 3.17. The van der Waals surface area contributed by atoms with Gasteiger partial charge in [-0.2, -0.15) is 4.72 Å². The summed E-state index contributed by atoms with van der Waals surface area (Å²) in [5.74, 6) is -1.10. The molecular weight excluding hydrogens is 510 g/mol. The number of carbonyl (C=O) groups is 2. The lowest BCUT2D eigenvalue weighted by molar-refractivity contribution is -0.138. The van der Waals surface area contributed by atoms with Gasteiger partial charge in [0.05, 0.1) is 23.1 Å². The molecule has 0 radical (unpaired) electrons. The molecule has 2 amide bonds. The van der Waals surface area contributed by atoms with Crippen molar-refractivity contribution in [1.82, 2.24) is 9.62 Å². The monoisotopic (exact) mass is 537 g/mol. The summed E-state index contributed by atoms with van der Waals surface area (Å²) in [4.78, 5) is 28.9. The number of anilines is 1. The van der Waals surface area contributed by atoms with E-state index in [9.17, 15) is 18.0 Å². The van der Waals surface area contributed by atoms with Crippen molar-refractivity contribution >= 4 is 27.5 Å². The molecule has 7 nitrogen and oxygen atoms in total. The Balaban J connectivity index is 1.62. The summed E-state index contributed by atoms with van der Waals surface area (Å²) < 4.78 is 29.8. The van der Waals surface area contributed by atoms with Crippen LogP contribution < -0.4 is 10.0 Å². The summed E-state index contributed by atoms with van der Waals surface area (Å²) in [6.45, 7) is 1.92. The van der Waals surface area contributed by atoms with Gasteiger partial charge in [-0.15, -0.1) is 0 Å². The smallest absolute Gasteiger partial charge is 0.278 e. The number of hydrogen-bond donors (Lipinski definition) is 2. The van der Waals surface area contributed by atoms with Gasteiger partial charge in [0.2, 0.25) is 10.0 Å². The standard InChI is InChI=1S/C31H27N3O4S/c1-22-17-19-26(20-18-22)39(37,38)33-28(24-13-7-3-8-14-24)27-29(32-25-15-9-4-10-16-25)31(36)34(30(27)35)21-23-11-5-2-6-12-23/h2-20,28,32-33H,21H2,1H3. The van der Waals surface area contributed by atoms with Crippen molar-refractivity contribution < 1.29 is 18.0 Å². The van der Waals surface area contributed by atoms with Crippen molar-refractivity contribution in [3.8, 4) is 0 Å². The number of hydrogen-bond acceptors (Lipinski definition) is 5. The summed E-state index contributed by atoms with van der Waals surface area (Å²) in [6, 6.07) is 32.3. The molecule has 39 heavy (non-hydrogen) atoms. The zero-order valence-electron chi connectivity index (χ0n) is 21.2. The van der Waals surface area contributed by atoms with Crippen molar-refractivity contribution in [2.75, 3.05) is 5.32 Å². The average molecular weight is 538 g/mol. The number of rotatable bonds is 9. The number of para-hydroxylation sites is 1. The summed E-state index contributed by atoms with van der Waals surface area (Å²) >= 11 is 0. The SMILES string of the molecule is Cc1ccc(S(=O)(=O)NC(C2=C(Nc3ccccc3)C(=O)N(Cc3ccccc3)C2=O)c2ccccc2)cc1. The highest BCUT2D eigenvalue weighted by Crippen LogP contribution is 2.34. The minimum Gasteiger partial charge on any atom is -0.351 e. The molecule has 5 rings (SSSR count). The fourth-order valence-electron chi connectivity index (χ4n) is 4.44. The van der Waals surface area contributed by atoms with Crippen LogP contribution in [0.2, 0.25) is 0 Å². The van der Waals surface area contributed by atoms with Gasteiger partial charge in [0.15, 0.2) is 0 Å². The van der Waals surface area contributed by atoms with Crippen LogP contribution in [0, 0.1) is 6.92 Å². The van der Waals surface area contributed by atoms with E-state index in [1.165, 1.54) is 12.1 Å². The maximum Gasteiger partial charge on any atom is 0.278 e. The number of amides is 2. The van der Waals surface area contributed by atoms with Gasteiger partial charge in [0.1, 0.15) is 5.70 Å². The van der Waals surface area contributed by atoms with Crippen molar-refractivity contribution in [2.24, 2.45) is 0 Å². The molecule has 4 aromatic carbocycles. The lowest BCUT2D eigenvalue weighted by Crippen LogP contribution is -2.35. The van der Waals surface area contributed by atoms with Crippen LogP contribution in [-0.2, 0) is 26.2 Å². The largest absolute Gasteiger partial charge is 0.351 e. The van der Waals surface area contributed by atoms with Crippen LogP contribution in [-0.4, -0.2) is 25.1 Å². The maximum absolute atomic E-state index is 14.0. The van der Waals surface area contributed by atoms with E-state index in [0.717, 1.165) is 16.0 Å². The van der Waals surface area contributed by atoms with Crippen LogP contribution >= 0.6 is 0 Å². The van der Waals surface area contributed by atoms with Gasteiger partial charge in [-0.1, -0.05) is 96.6 Å². The number of benzene rings is 4. The van der Waals surface area contributed by atoms with Crippen molar-refractivity contribution in [3.05, 3.63) is 143 Å². The molecule has 0 aromatic heterocycles. The highest BCUT2D eigenvalue weighted by atomic mass is 32.2. The van der Waals surface area contributed by atoms with Crippen molar-refractivity contribution in [2.45, 2.75) is 24.4 Å². The summed E-state index contributed by atoms with van der Waals surface area (Å²) in [6.07, 6.45) is 0. The van der Waals surface area contributed by atoms with Crippen molar-refractivity contribution in [1.29, 1.82) is 0 Å². The Kier molecular flexibility index (Phi) is 7.40. The van der Waals surface area contributed by atoms with Crippen LogP contribution in [0.4, 0.5) is 5.69 Å². The second-order valence-corrected chi connectivity index (χ2v) is 11.0. The maximum atomic E-state index is 14.0. The Morgan fingerprint density at radius 1 is 0.718 bits per heavy atom. The Morgan fingerprint density at radius 3 is 1.90 bits per heavy atom. The fraction of sp³-hybridized carbons (Fsp3) is 0.0968. The van der Waals surface area contributed by atoms with Gasteiger partial charge in [-0.25, -0.2) is 8.42 Å². The lowest BCUT2D eigenvalue weighted by atomic mass is 9.98. The molecular formula is C31H27N3O4S. The molecule has 0 saturated heterocycles. The molecule has 0 spiro atoms. The molecule has 1 heterocycles. The zero-order valence-corrected chi connectivity index (χ0v) is 22.1. The van der Waals surface area contributed by atoms with Crippen LogP contribution in [0.3, 0.4) is 0 Å². The molecule has 0 saturated carbocycles. The van der Waals surface area contributed by atoms with Crippen LogP contribution in [0.5, 0.6) is 0 Å². The van der Waals surface area contributed by atoms with Gasteiger partial charge in [0, 0.05) is 5.69 Å². The van der Waals surface area contributed by atoms with E-state index >= 15 is 0 Å². The summed E-state index contributed by atoms with van der Waals surface area (Å²) in [7, 11) is -4.07. The number of carbonyl (C=O) groups excluding carboxylic acids is 2. The van der Waals surface area contributed by atoms with Crippen LogP contribution in [0.25, 0.3) is 0 Å². The van der Waals surface area contributed by atoms with E-state index in [1.54, 1.807) is 66.7 Å². The first-order valence-corrected chi connectivity index (χ1v) is 13.9. The molecule has 4 aromatic rings. The normalized spacial score (nSPS) is 14.5. The fourth-order valence-corrected chi connectivity index (χ4v) is 5.63. The minimum absolute atomic E-state index is 0.0293. The molecule has 1 atom stereocenters. The molecule has 1 aliphatic rings. The predicted molar refractivity (Wildman–Crippen MR) is 150 cm³/mol. The topological polar surface area (TPSA) is 95.6 Å². The van der Waals surface area contributed by atoms with Crippen LogP contribution in [0.1, 0.15) is 22.7 Å². The highest BCUT2D eigenvalue weighted by molar-refractivity contribution is 7.89. The first kappa shape index (κ1) is 26.1. The first-order chi connectivity index (χ1) is 18.8. The molecule has 2 N–H and O–H groups in total. The Hall–Kier alpha value is -4.53. The molecule has 0 fully saturated rings. The number of nitrogens with zero attached hydrogens (tertiary/aromatic N) is 1. The van der Waals surface area contributed by atoms with Gasteiger partial charge in [-0.3, -0.25) is 14.5 Å². The number of aryl methyl sites for hydroxylation is 1. The summed E-state index contributed by atoms with van der Waals surface area (Å²) in [5.41, 5.74) is 2.87. The quantitative estimate of drug-likeness (QED) is 0.295. The van der Waals surface area contributed by atoms with E-state index in [2.05, 4.69) is 10.0 Å². The highest BCUT2D eigenvalue weighted by Gasteiger charge is 2.43. The lowest BCUT2D eigenvalue weighted by Gasteiger charge is -2.22. The van der Waals surface area contributed by atoms with Crippen LogP contribution in [0.15, 0.2) is 131 Å². The van der Waals surface area contributed by atoms with E-state index in [1.807, 2.05) is 43.3 Å². The Morgan fingerprint density at radius 2 is 1.28 bits per heavy atom. The van der Waals surface area contributed by atoms with E-state index in [-0.39, 0.29) is 22.7 Å². The number of sulfonamides is 1. The molecule has 1 unspecified atom stereocenters. The minimum atomic E-state index is -4.07. The van der Waals surface area contributed by atoms with Gasteiger partial charge in [-0.05, 0) is 42.3 Å². The number of nitrogens with one attached hydrogen (secondary N) is 2. The van der Waals surface area contributed by atoms with E-state index < -0.39 is 27.9 Å². The van der Waals surface area contributed by atoms with Crippen molar-refractivity contribution in [3.63, 3.8) is 0 Å². The van der Waals surface area contributed by atoms with Gasteiger partial charge >= 0.3 is 0 Å². The van der Waals surface area contributed by atoms with E-state index in [0.29, 0.717) is 11.3 Å². The number of imide groups is 1. The Labute approximate surface area is 227 Å². The summed E-state index contributed by atoms with van der Waals surface area (Å²) in [5, 5.41) is 3.10. The van der Waals surface area contributed by atoms with Gasteiger partial charge in [0.25, 0.3) is 11.8 Å². The second-order valence-electron chi connectivity index (χ2n) is 9.24. The molecule has 0 aliphatic carbocycles. The molecule has 0 bridgehead atoms. The third-order valence-corrected chi connectivity index (χ3v) is 7.90. The second kappa shape index (κ2) is 11.1. The molecule has 1 aliphatic heterocycles. The molecule has 196 valence electrons. The third-order valence-electron chi connectivity index (χ3n) is 6.46.